The van der Waals surface area contributed by atoms with Crippen molar-refractivity contribution in [2.24, 2.45) is 5.92 Å². The monoisotopic (exact) mass is 202 g/mol. The zero-order valence-corrected chi connectivity index (χ0v) is 9.07. The van der Waals surface area contributed by atoms with Crippen LogP contribution in [0, 0.1) is 5.92 Å². The van der Waals surface area contributed by atoms with Crippen molar-refractivity contribution in [1.82, 2.24) is 10.2 Å². The van der Waals surface area contributed by atoms with Gasteiger partial charge in [-0.25, -0.2) is 0 Å². The van der Waals surface area contributed by atoms with Gasteiger partial charge < -0.3 is 15.3 Å². The Balaban J connectivity index is 3.91. The number of nitrogens with one attached hydrogen (secondary N) is 1. The van der Waals surface area contributed by atoms with Crippen molar-refractivity contribution in [3.8, 4) is 0 Å². The molecule has 0 radical (unpaired) electrons. The van der Waals surface area contributed by atoms with Gasteiger partial charge in [0.05, 0.1) is 0 Å². The van der Waals surface area contributed by atoms with E-state index in [-0.39, 0.29) is 6.04 Å². The first-order valence-corrected chi connectivity index (χ1v) is 4.53. The summed E-state index contributed by atoms with van der Waals surface area (Å²) in [6.07, 6.45) is 0. The molecular formula is C9H18N2O3. The van der Waals surface area contributed by atoms with Gasteiger partial charge in [0.1, 0.15) is 5.92 Å². The fraction of sp³-hybridized carbons (Fsp3) is 0.778. The molecule has 0 saturated carbocycles. The van der Waals surface area contributed by atoms with E-state index in [9.17, 15) is 9.59 Å². The average molecular weight is 202 g/mol. The molecule has 2 atom stereocenters. The molecule has 0 fully saturated rings. The Bertz CT molecular complexity index is 216. The summed E-state index contributed by atoms with van der Waals surface area (Å²) in [6.45, 7) is 3.78. The van der Waals surface area contributed by atoms with Crippen LogP contribution in [0.2, 0.25) is 0 Å². The molecule has 0 aromatic heterocycles. The van der Waals surface area contributed by atoms with Gasteiger partial charge in [-0.05, 0) is 27.9 Å². The van der Waals surface area contributed by atoms with E-state index < -0.39 is 17.8 Å². The third-order valence-corrected chi connectivity index (χ3v) is 2.22. The Hall–Kier alpha value is -1.10. The first kappa shape index (κ1) is 12.9. The van der Waals surface area contributed by atoms with Crippen molar-refractivity contribution >= 4 is 11.9 Å². The number of carbonyl (C=O) groups is 2. The third-order valence-electron chi connectivity index (χ3n) is 2.22. The van der Waals surface area contributed by atoms with Crippen LogP contribution in [0.1, 0.15) is 13.8 Å². The highest BCUT2D eigenvalue weighted by Crippen LogP contribution is 1.95. The van der Waals surface area contributed by atoms with Gasteiger partial charge in [0.15, 0.2) is 0 Å². The molecule has 0 aliphatic rings. The van der Waals surface area contributed by atoms with Crippen LogP contribution in [-0.2, 0) is 9.59 Å². The number of carboxylic acid groups (broad SMARTS) is 1. The Morgan fingerprint density at radius 3 is 2.21 bits per heavy atom. The highest BCUT2D eigenvalue weighted by molar-refractivity contribution is 5.96. The fourth-order valence-corrected chi connectivity index (χ4v) is 0.696. The van der Waals surface area contributed by atoms with Gasteiger partial charge in [-0.15, -0.1) is 0 Å². The summed E-state index contributed by atoms with van der Waals surface area (Å²) in [5, 5.41) is 11.1. The number of likely N-dealkylation sites (N-methyl/N-ethyl adjacent to an activating group) is 1. The van der Waals surface area contributed by atoms with Crippen LogP contribution in [0.3, 0.4) is 0 Å². The van der Waals surface area contributed by atoms with Crippen LogP contribution in [0.4, 0.5) is 0 Å². The zero-order valence-electron chi connectivity index (χ0n) is 9.07. The van der Waals surface area contributed by atoms with Gasteiger partial charge in [0.2, 0.25) is 5.91 Å². The van der Waals surface area contributed by atoms with E-state index in [4.69, 9.17) is 5.11 Å². The smallest absolute Gasteiger partial charge is 0.315 e. The largest absolute Gasteiger partial charge is 0.481 e. The van der Waals surface area contributed by atoms with E-state index in [0.29, 0.717) is 6.54 Å². The second-order valence-corrected chi connectivity index (χ2v) is 3.62. The van der Waals surface area contributed by atoms with Gasteiger partial charge in [0.25, 0.3) is 0 Å². The lowest BCUT2D eigenvalue weighted by Gasteiger charge is -2.20. The van der Waals surface area contributed by atoms with Gasteiger partial charge in [-0.2, -0.15) is 0 Å². The molecule has 5 heteroatoms. The average Bonchev–Trinajstić information content (AvgIpc) is 2.11. The van der Waals surface area contributed by atoms with Gasteiger partial charge in [-0.3, -0.25) is 9.59 Å². The molecule has 0 rings (SSSR count). The van der Waals surface area contributed by atoms with Crippen LogP contribution in [-0.4, -0.2) is 48.6 Å². The summed E-state index contributed by atoms with van der Waals surface area (Å²) in [5.74, 6) is -2.52. The predicted octanol–water partition coefficient (Wildman–Crippen LogP) is -0.227. The van der Waals surface area contributed by atoms with E-state index in [1.54, 1.807) is 0 Å². The van der Waals surface area contributed by atoms with Gasteiger partial charge in [-0.1, -0.05) is 0 Å². The van der Waals surface area contributed by atoms with Crippen molar-refractivity contribution in [2.75, 3.05) is 20.6 Å². The molecule has 0 saturated heterocycles. The minimum atomic E-state index is -1.10. The molecule has 1 amide bonds. The SMILES string of the molecule is CC(C(=O)O)C(=O)NCC(C)N(C)C. The molecule has 5 nitrogen and oxygen atoms in total. The lowest BCUT2D eigenvalue weighted by molar-refractivity contribution is -0.146. The summed E-state index contributed by atoms with van der Waals surface area (Å²) < 4.78 is 0. The number of amides is 1. The maximum absolute atomic E-state index is 11.2. The number of nitrogens with zero attached hydrogens (tertiary/aromatic N) is 1. The van der Waals surface area contributed by atoms with Gasteiger partial charge in [0, 0.05) is 12.6 Å². The quantitative estimate of drug-likeness (QED) is 0.604. The van der Waals surface area contributed by atoms with E-state index in [1.165, 1.54) is 6.92 Å². The Kier molecular flexibility index (Phi) is 5.15. The van der Waals surface area contributed by atoms with Crippen LogP contribution >= 0.6 is 0 Å². The maximum atomic E-state index is 11.2. The van der Waals surface area contributed by atoms with Crippen molar-refractivity contribution in [1.29, 1.82) is 0 Å². The topological polar surface area (TPSA) is 69.6 Å². The summed E-state index contributed by atoms with van der Waals surface area (Å²) in [7, 11) is 3.80. The van der Waals surface area contributed by atoms with E-state index in [0.717, 1.165) is 0 Å². The first-order chi connectivity index (χ1) is 6.36. The van der Waals surface area contributed by atoms with Crippen LogP contribution in [0.25, 0.3) is 0 Å². The van der Waals surface area contributed by atoms with Crippen LogP contribution in [0.5, 0.6) is 0 Å². The highest BCUT2D eigenvalue weighted by Gasteiger charge is 2.20. The third kappa shape index (κ3) is 4.23. The summed E-state index contributed by atoms with van der Waals surface area (Å²) >= 11 is 0. The molecule has 0 aromatic carbocycles. The predicted molar refractivity (Wildman–Crippen MR) is 53.0 cm³/mol. The number of carbonyl (C=O) groups excluding carboxylic acids is 1. The fourth-order valence-electron chi connectivity index (χ4n) is 0.696. The second kappa shape index (κ2) is 5.59. The van der Waals surface area contributed by atoms with Crippen molar-refractivity contribution < 1.29 is 14.7 Å². The minimum Gasteiger partial charge on any atom is -0.481 e. The Morgan fingerprint density at radius 1 is 1.36 bits per heavy atom. The Labute approximate surface area is 84.1 Å². The number of aliphatic carboxylic acids is 1. The molecule has 14 heavy (non-hydrogen) atoms. The maximum Gasteiger partial charge on any atom is 0.315 e. The normalized spacial score (nSPS) is 14.9. The van der Waals surface area contributed by atoms with Crippen LogP contribution in [0.15, 0.2) is 0 Å². The molecule has 2 N–H and O–H groups in total. The highest BCUT2D eigenvalue weighted by atomic mass is 16.4. The lowest BCUT2D eigenvalue weighted by atomic mass is 10.1. The van der Waals surface area contributed by atoms with Crippen LogP contribution < -0.4 is 5.32 Å². The standard InChI is InChI=1S/C9H18N2O3/c1-6(11(3)4)5-10-8(12)7(2)9(13)14/h6-7H,5H2,1-4H3,(H,10,12)(H,13,14). The number of hydrogen-bond donors (Lipinski definition) is 2. The molecule has 0 aromatic rings. The summed E-state index contributed by atoms with van der Waals surface area (Å²) in [5.41, 5.74) is 0. The molecule has 2 unspecified atom stereocenters. The summed E-state index contributed by atoms with van der Waals surface area (Å²) in [4.78, 5) is 23.6. The number of carboxylic acids is 1. The summed E-state index contributed by atoms with van der Waals surface area (Å²) in [6, 6.07) is 0.194. The number of rotatable bonds is 5. The van der Waals surface area contributed by atoms with E-state index >= 15 is 0 Å². The van der Waals surface area contributed by atoms with Crippen molar-refractivity contribution in [3.05, 3.63) is 0 Å². The van der Waals surface area contributed by atoms with Crippen molar-refractivity contribution in [3.63, 3.8) is 0 Å². The minimum absolute atomic E-state index is 0.194. The molecule has 82 valence electrons. The molecule has 0 bridgehead atoms. The number of hydrogen-bond acceptors (Lipinski definition) is 3. The molecule has 0 aliphatic heterocycles. The second-order valence-electron chi connectivity index (χ2n) is 3.62. The zero-order chi connectivity index (χ0) is 11.3. The van der Waals surface area contributed by atoms with Crippen molar-refractivity contribution in [2.45, 2.75) is 19.9 Å². The van der Waals surface area contributed by atoms with Gasteiger partial charge >= 0.3 is 5.97 Å². The van der Waals surface area contributed by atoms with E-state index in [1.807, 2.05) is 25.9 Å². The molecular weight excluding hydrogens is 184 g/mol. The van der Waals surface area contributed by atoms with E-state index in [2.05, 4.69) is 5.32 Å². The first-order valence-electron chi connectivity index (χ1n) is 4.53. The molecule has 0 spiro atoms. The molecule has 0 heterocycles. The lowest BCUT2D eigenvalue weighted by Crippen LogP contribution is -2.41. The Morgan fingerprint density at radius 2 is 1.86 bits per heavy atom. The molecule has 0 aliphatic carbocycles.